The van der Waals surface area contributed by atoms with Crippen LogP contribution in [0.15, 0.2) is 36.4 Å². The molecule has 0 heterocycles. The number of amides is 2. The zero-order chi connectivity index (χ0) is 13.8. The Labute approximate surface area is 111 Å². The Morgan fingerprint density at radius 3 is 2.63 bits per heavy atom. The lowest BCUT2D eigenvalue weighted by atomic mass is 10.1. The summed E-state index contributed by atoms with van der Waals surface area (Å²) in [6, 6.07) is 6.92. The maximum Gasteiger partial charge on any atom is 0.319 e. The Morgan fingerprint density at radius 2 is 2.00 bits per heavy atom. The number of para-hydroxylation sites is 1. The van der Waals surface area contributed by atoms with Crippen molar-refractivity contribution in [3.05, 3.63) is 42.0 Å². The highest BCUT2D eigenvalue weighted by atomic mass is 16.4. The van der Waals surface area contributed by atoms with Gasteiger partial charge in [-0.2, -0.15) is 0 Å². The van der Waals surface area contributed by atoms with Gasteiger partial charge in [0.2, 0.25) is 0 Å². The average Bonchev–Trinajstić information content (AvgIpc) is 2.80. The molecule has 19 heavy (non-hydrogen) atoms. The zero-order valence-electron chi connectivity index (χ0n) is 10.6. The Bertz CT molecular complexity index is 525. The van der Waals surface area contributed by atoms with Crippen molar-refractivity contribution in [2.24, 2.45) is 5.92 Å². The molecule has 0 radical (unpaired) electrons. The molecule has 0 spiro atoms. The molecule has 0 saturated carbocycles. The van der Waals surface area contributed by atoms with E-state index in [1.165, 1.54) is 0 Å². The van der Waals surface area contributed by atoms with Crippen molar-refractivity contribution in [3.63, 3.8) is 0 Å². The molecule has 1 aliphatic carbocycles. The van der Waals surface area contributed by atoms with E-state index >= 15 is 0 Å². The third kappa shape index (κ3) is 3.34. The van der Waals surface area contributed by atoms with Crippen molar-refractivity contribution >= 4 is 17.7 Å². The largest absolute Gasteiger partial charge is 0.481 e. The van der Waals surface area contributed by atoms with Crippen LogP contribution in [0.5, 0.6) is 0 Å². The Balaban J connectivity index is 1.88. The predicted octanol–water partition coefficient (Wildman–Crippen LogP) is 2.15. The van der Waals surface area contributed by atoms with E-state index in [4.69, 9.17) is 5.11 Å². The lowest BCUT2D eigenvalue weighted by molar-refractivity contribution is -0.140. The Hall–Kier alpha value is -2.30. The number of aryl methyl sites for hydroxylation is 1. The number of urea groups is 1. The first-order chi connectivity index (χ1) is 9.06. The number of nitrogens with one attached hydrogen (secondary N) is 2. The highest BCUT2D eigenvalue weighted by molar-refractivity contribution is 5.90. The normalized spacial score (nSPS) is 21.1. The lowest BCUT2D eigenvalue weighted by Crippen LogP contribution is -2.36. The molecule has 100 valence electrons. The van der Waals surface area contributed by atoms with E-state index in [9.17, 15) is 9.59 Å². The molecule has 1 aromatic carbocycles. The minimum absolute atomic E-state index is 0.231. The second-order valence-corrected chi connectivity index (χ2v) is 4.59. The third-order valence-corrected chi connectivity index (χ3v) is 3.11. The van der Waals surface area contributed by atoms with Crippen LogP contribution >= 0.6 is 0 Å². The molecule has 0 saturated heterocycles. The number of hydrogen-bond donors (Lipinski definition) is 3. The van der Waals surface area contributed by atoms with Crippen molar-refractivity contribution in [1.29, 1.82) is 0 Å². The van der Waals surface area contributed by atoms with Gasteiger partial charge in [0, 0.05) is 5.69 Å². The van der Waals surface area contributed by atoms with Crippen molar-refractivity contribution in [2.45, 2.75) is 19.4 Å². The van der Waals surface area contributed by atoms with Crippen molar-refractivity contribution < 1.29 is 14.7 Å². The summed E-state index contributed by atoms with van der Waals surface area (Å²) in [5, 5.41) is 14.3. The molecule has 2 amide bonds. The molecule has 3 N–H and O–H groups in total. The number of benzene rings is 1. The number of carboxylic acids is 1. The van der Waals surface area contributed by atoms with Crippen LogP contribution in [0, 0.1) is 12.8 Å². The number of aliphatic carboxylic acids is 1. The van der Waals surface area contributed by atoms with Gasteiger partial charge >= 0.3 is 12.0 Å². The van der Waals surface area contributed by atoms with Gasteiger partial charge in [0.15, 0.2) is 0 Å². The van der Waals surface area contributed by atoms with Gasteiger partial charge in [0.05, 0.1) is 12.0 Å². The fraction of sp³-hybridized carbons (Fsp3) is 0.286. The van der Waals surface area contributed by atoms with Crippen LogP contribution in [0.4, 0.5) is 10.5 Å². The quantitative estimate of drug-likeness (QED) is 0.728. The second kappa shape index (κ2) is 5.56. The first-order valence-electron chi connectivity index (χ1n) is 6.10. The molecular formula is C14H16N2O3. The van der Waals surface area contributed by atoms with E-state index in [0.717, 1.165) is 11.3 Å². The standard InChI is InChI=1S/C14H16N2O3/c1-9-4-2-3-5-12(9)16-14(19)15-11-7-6-10(8-11)13(17)18/h2-7,10-11H,8H2,1H3,(H,17,18)(H2,15,16,19). The molecule has 2 unspecified atom stereocenters. The van der Waals surface area contributed by atoms with Crippen LogP contribution in [0.2, 0.25) is 0 Å². The Morgan fingerprint density at radius 1 is 1.26 bits per heavy atom. The molecule has 2 atom stereocenters. The average molecular weight is 260 g/mol. The summed E-state index contributed by atoms with van der Waals surface area (Å²) in [5.74, 6) is -1.37. The third-order valence-electron chi connectivity index (χ3n) is 3.11. The van der Waals surface area contributed by atoms with Gasteiger partial charge in [-0.3, -0.25) is 4.79 Å². The summed E-state index contributed by atoms with van der Waals surface area (Å²) < 4.78 is 0. The van der Waals surface area contributed by atoms with Crippen molar-refractivity contribution in [2.75, 3.05) is 5.32 Å². The lowest BCUT2D eigenvalue weighted by Gasteiger charge is -2.14. The molecular weight excluding hydrogens is 244 g/mol. The Kier molecular flexibility index (Phi) is 3.85. The van der Waals surface area contributed by atoms with Crippen LogP contribution in [-0.2, 0) is 4.79 Å². The number of rotatable bonds is 3. The summed E-state index contributed by atoms with van der Waals surface area (Å²) in [6.07, 6.45) is 3.73. The SMILES string of the molecule is Cc1ccccc1NC(=O)NC1C=CC(C(=O)O)C1. The predicted molar refractivity (Wildman–Crippen MR) is 72.0 cm³/mol. The van der Waals surface area contributed by atoms with Gasteiger partial charge in [-0.05, 0) is 25.0 Å². The molecule has 0 fully saturated rings. The first kappa shape index (κ1) is 13.1. The topological polar surface area (TPSA) is 78.4 Å². The molecule has 5 heteroatoms. The summed E-state index contributed by atoms with van der Waals surface area (Å²) in [7, 11) is 0. The van der Waals surface area contributed by atoms with Gasteiger partial charge in [-0.1, -0.05) is 30.4 Å². The molecule has 1 aliphatic rings. The van der Waals surface area contributed by atoms with Crippen molar-refractivity contribution in [1.82, 2.24) is 5.32 Å². The molecule has 0 aliphatic heterocycles. The van der Waals surface area contributed by atoms with Gasteiger partial charge in [-0.25, -0.2) is 4.79 Å². The number of carbonyl (C=O) groups excluding carboxylic acids is 1. The maximum absolute atomic E-state index is 11.8. The van der Waals surface area contributed by atoms with E-state index in [0.29, 0.717) is 6.42 Å². The molecule has 5 nitrogen and oxygen atoms in total. The highest BCUT2D eigenvalue weighted by Gasteiger charge is 2.25. The number of anilines is 1. The summed E-state index contributed by atoms with van der Waals surface area (Å²) in [6.45, 7) is 1.91. The van der Waals surface area contributed by atoms with Crippen LogP contribution in [0.1, 0.15) is 12.0 Å². The van der Waals surface area contributed by atoms with Crippen LogP contribution in [0.3, 0.4) is 0 Å². The molecule has 0 bridgehead atoms. The van der Waals surface area contributed by atoms with E-state index in [1.54, 1.807) is 12.2 Å². The molecule has 2 rings (SSSR count). The van der Waals surface area contributed by atoms with E-state index in [-0.39, 0.29) is 12.1 Å². The van der Waals surface area contributed by atoms with E-state index < -0.39 is 11.9 Å². The number of carboxylic acid groups (broad SMARTS) is 1. The first-order valence-corrected chi connectivity index (χ1v) is 6.10. The minimum Gasteiger partial charge on any atom is -0.481 e. The van der Waals surface area contributed by atoms with Crippen LogP contribution < -0.4 is 10.6 Å². The van der Waals surface area contributed by atoms with Crippen LogP contribution in [0.25, 0.3) is 0 Å². The highest BCUT2D eigenvalue weighted by Crippen LogP contribution is 2.18. The second-order valence-electron chi connectivity index (χ2n) is 4.59. The zero-order valence-corrected chi connectivity index (χ0v) is 10.6. The van der Waals surface area contributed by atoms with Gasteiger partial charge in [-0.15, -0.1) is 0 Å². The fourth-order valence-corrected chi connectivity index (χ4v) is 2.03. The monoisotopic (exact) mass is 260 g/mol. The maximum atomic E-state index is 11.8. The van der Waals surface area contributed by atoms with Crippen LogP contribution in [-0.4, -0.2) is 23.1 Å². The summed E-state index contributed by atoms with van der Waals surface area (Å²) in [4.78, 5) is 22.6. The summed E-state index contributed by atoms with van der Waals surface area (Å²) >= 11 is 0. The van der Waals surface area contributed by atoms with Crippen molar-refractivity contribution in [3.8, 4) is 0 Å². The van der Waals surface area contributed by atoms with Gasteiger partial charge < -0.3 is 15.7 Å². The smallest absolute Gasteiger partial charge is 0.319 e. The fourth-order valence-electron chi connectivity index (χ4n) is 2.03. The number of carbonyl (C=O) groups is 2. The molecule has 1 aromatic rings. The number of hydrogen-bond acceptors (Lipinski definition) is 2. The minimum atomic E-state index is -0.861. The summed E-state index contributed by atoms with van der Waals surface area (Å²) in [5.41, 5.74) is 1.72. The molecule has 0 aromatic heterocycles. The van der Waals surface area contributed by atoms with Gasteiger partial charge in [0.1, 0.15) is 0 Å². The van der Waals surface area contributed by atoms with Gasteiger partial charge in [0.25, 0.3) is 0 Å². The van der Waals surface area contributed by atoms with E-state index in [1.807, 2.05) is 31.2 Å². The van der Waals surface area contributed by atoms with E-state index in [2.05, 4.69) is 10.6 Å².